The van der Waals surface area contributed by atoms with Crippen molar-refractivity contribution in [2.24, 2.45) is 11.5 Å². The molecule has 0 atom stereocenters. The number of carboxylic acids is 2. The second-order valence-corrected chi connectivity index (χ2v) is 4.01. The van der Waals surface area contributed by atoms with Gasteiger partial charge in [0.15, 0.2) is 5.66 Å². The molecule has 0 saturated carbocycles. The molecule has 0 unspecified atom stereocenters. The molecule has 0 bridgehead atoms. The Labute approximate surface area is 119 Å². The number of rotatable bonds is 9. The van der Waals surface area contributed by atoms with E-state index in [4.69, 9.17) is 21.7 Å². The fraction of sp³-hybridized carbons (Fsp3) is 0.800. The predicted octanol–water partition coefficient (Wildman–Crippen LogP) is 1.34. The van der Waals surface area contributed by atoms with Crippen molar-refractivity contribution in [2.45, 2.75) is 50.6 Å². The first-order valence-corrected chi connectivity index (χ1v) is 5.39. The van der Waals surface area contributed by atoms with Gasteiger partial charge in [-0.2, -0.15) is 0 Å². The van der Waals surface area contributed by atoms with Crippen LogP contribution in [0.4, 0.5) is 0 Å². The third-order valence-electron chi connectivity index (χ3n) is 2.38. The summed E-state index contributed by atoms with van der Waals surface area (Å²) >= 11 is 0. The molecule has 0 aromatic rings. The van der Waals surface area contributed by atoms with Gasteiger partial charge in [-0.1, -0.05) is 19.3 Å². The van der Waals surface area contributed by atoms with Gasteiger partial charge in [-0.25, -0.2) is 4.79 Å². The van der Waals surface area contributed by atoms with E-state index >= 15 is 0 Å². The van der Waals surface area contributed by atoms with E-state index in [1.54, 1.807) is 0 Å². The van der Waals surface area contributed by atoms with E-state index in [-0.39, 0.29) is 37.7 Å². The van der Waals surface area contributed by atoms with Gasteiger partial charge in [0.1, 0.15) is 0 Å². The minimum Gasteiger partial charge on any atom is -0.481 e. The van der Waals surface area contributed by atoms with Crippen molar-refractivity contribution in [3.05, 3.63) is 0 Å². The highest BCUT2D eigenvalue weighted by Gasteiger charge is 2.27. The number of hydrogen-bond donors (Lipinski definition) is 4. The number of aliphatic carboxylic acids is 2. The van der Waals surface area contributed by atoms with E-state index in [0.717, 1.165) is 19.3 Å². The predicted molar refractivity (Wildman–Crippen MR) is 73.2 cm³/mol. The summed E-state index contributed by atoms with van der Waals surface area (Å²) in [6, 6.07) is 0. The maximum Gasteiger partial charge on any atom is 0.338 e. The third kappa shape index (κ3) is 11.9. The Hall–Kier alpha value is -0.560. The highest BCUT2D eigenvalue weighted by molar-refractivity contribution is 5.85. The Kier molecular flexibility index (Phi) is 14.5. The van der Waals surface area contributed by atoms with Gasteiger partial charge in [0.25, 0.3) is 0 Å². The quantitative estimate of drug-likeness (QED) is 0.376. The maximum absolute atomic E-state index is 10.5. The van der Waals surface area contributed by atoms with Crippen LogP contribution in [0.5, 0.6) is 0 Å². The van der Waals surface area contributed by atoms with Crippen LogP contribution in [0.3, 0.4) is 0 Å². The summed E-state index contributed by atoms with van der Waals surface area (Å²) in [6.07, 6.45) is 4.26. The van der Waals surface area contributed by atoms with Crippen molar-refractivity contribution in [2.75, 3.05) is 0 Å². The molecule has 0 aliphatic rings. The Balaban J connectivity index is -0.00000112. The van der Waals surface area contributed by atoms with Crippen LogP contribution in [0.25, 0.3) is 0 Å². The largest absolute Gasteiger partial charge is 0.481 e. The van der Waals surface area contributed by atoms with Crippen molar-refractivity contribution in [1.29, 1.82) is 0 Å². The molecular weight excluding hydrogens is 283 g/mol. The van der Waals surface area contributed by atoms with Crippen molar-refractivity contribution < 1.29 is 19.8 Å². The highest BCUT2D eigenvalue weighted by atomic mass is 35.5. The molecule has 0 aliphatic carbocycles. The maximum atomic E-state index is 10.5. The SMILES string of the molecule is Cl.Cl.NC(N)(CCCCCCCC(=O)O)C(=O)O. The minimum absolute atomic E-state index is 0. The van der Waals surface area contributed by atoms with Gasteiger partial charge in [-0.15, -0.1) is 24.8 Å². The lowest BCUT2D eigenvalue weighted by Crippen LogP contribution is -2.56. The summed E-state index contributed by atoms with van der Waals surface area (Å²) in [5.74, 6) is -1.98. The van der Waals surface area contributed by atoms with Gasteiger partial charge < -0.3 is 21.7 Å². The average Bonchev–Trinajstić information content (AvgIpc) is 2.15. The van der Waals surface area contributed by atoms with Crippen LogP contribution in [0, 0.1) is 0 Å². The normalized spacial score (nSPS) is 10.1. The molecule has 0 aliphatic heterocycles. The fourth-order valence-electron chi connectivity index (χ4n) is 1.33. The molecular formula is C10H22Cl2N2O4. The third-order valence-corrected chi connectivity index (χ3v) is 2.38. The summed E-state index contributed by atoms with van der Waals surface area (Å²) in [5.41, 5.74) is 9.04. The van der Waals surface area contributed by atoms with E-state index in [0.29, 0.717) is 12.8 Å². The van der Waals surface area contributed by atoms with Crippen LogP contribution in [0.15, 0.2) is 0 Å². The molecule has 0 heterocycles. The Bertz CT molecular complexity index is 250. The second kappa shape index (κ2) is 11.5. The molecule has 0 rings (SSSR count). The number of nitrogens with two attached hydrogens (primary N) is 2. The summed E-state index contributed by atoms with van der Waals surface area (Å²) in [7, 11) is 0. The van der Waals surface area contributed by atoms with E-state index < -0.39 is 17.6 Å². The van der Waals surface area contributed by atoms with Crippen molar-refractivity contribution in [3.63, 3.8) is 0 Å². The first-order valence-electron chi connectivity index (χ1n) is 5.39. The molecule has 0 saturated heterocycles. The highest BCUT2D eigenvalue weighted by Crippen LogP contribution is 2.11. The first-order chi connectivity index (χ1) is 7.36. The zero-order valence-corrected chi connectivity index (χ0v) is 11.8. The molecule has 0 amide bonds. The smallest absolute Gasteiger partial charge is 0.338 e. The lowest BCUT2D eigenvalue weighted by molar-refractivity contribution is -0.143. The second-order valence-electron chi connectivity index (χ2n) is 4.01. The molecule has 0 spiro atoms. The molecule has 6 N–H and O–H groups in total. The minimum atomic E-state index is -1.64. The number of halogens is 2. The van der Waals surface area contributed by atoms with E-state index in [9.17, 15) is 9.59 Å². The number of hydrogen-bond acceptors (Lipinski definition) is 4. The van der Waals surface area contributed by atoms with Crippen LogP contribution in [0.2, 0.25) is 0 Å². The van der Waals surface area contributed by atoms with Gasteiger partial charge >= 0.3 is 11.9 Å². The topological polar surface area (TPSA) is 127 Å². The summed E-state index contributed by atoms with van der Waals surface area (Å²) in [6.45, 7) is 0. The number of unbranched alkanes of at least 4 members (excludes halogenated alkanes) is 4. The first kappa shape index (κ1) is 22.6. The lowest BCUT2D eigenvalue weighted by Gasteiger charge is -2.18. The lowest BCUT2D eigenvalue weighted by atomic mass is 10.0. The number of carbonyl (C=O) groups is 2. The van der Waals surface area contributed by atoms with Gasteiger partial charge in [0.05, 0.1) is 0 Å². The van der Waals surface area contributed by atoms with Gasteiger partial charge in [0.2, 0.25) is 0 Å². The summed E-state index contributed by atoms with van der Waals surface area (Å²) in [4.78, 5) is 20.7. The van der Waals surface area contributed by atoms with Crippen molar-refractivity contribution >= 4 is 36.8 Å². The summed E-state index contributed by atoms with van der Waals surface area (Å²) < 4.78 is 0. The van der Waals surface area contributed by atoms with E-state index in [1.807, 2.05) is 0 Å². The van der Waals surface area contributed by atoms with Gasteiger partial charge in [0, 0.05) is 6.42 Å². The monoisotopic (exact) mass is 304 g/mol. The molecule has 0 fully saturated rings. The van der Waals surface area contributed by atoms with Gasteiger partial charge in [-0.05, 0) is 19.3 Å². The van der Waals surface area contributed by atoms with Crippen LogP contribution in [-0.2, 0) is 9.59 Å². The zero-order chi connectivity index (χ0) is 12.6. The molecule has 6 nitrogen and oxygen atoms in total. The van der Waals surface area contributed by atoms with Crippen LogP contribution >= 0.6 is 24.8 Å². The fourth-order valence-corrected chi connectivity index (χ4v) is 1.33. The summed E-state index contributed by atoms with van der Waals surface area (Å²) in [5, 5.41) is 17.0. The molecule has 0 aromatic heterocycles. The van der Waals surface area contributed by atoms with Crippen LogP contribution in [-0.4, -0.2) is 27.8 Å². The Morgan fingerprint density at radius 1 is 0.889 bits per heavy atom. The molecule has 8 heteroatoms. The van der Waals surface area contributed by atoms with E-state index in [1.165, 1.54) is 0 Å². The van der Waals surface area contributed by atoms with Gasteiger partial charge in [-0.3, -0.25) is 4.79 Å². The van der Waals surface area contributed by atoms with Crippen molar-refractivity contribution in [1.82, 2.24) is 0 Å². The number of carboxylic acid groups (broad SMARTS) is 2. The van der Waals surface area contributed by atoms with E-state index in [2.05, 4.69) is 0 Å². The zero-order valence-electron chi connectivity index (χ0n) is 10.1. The van der Waals surface area contributed by atoms with Crippen molar-refractivity contribution in [3.8, 4) is 0 Å². The Morgan fingerprint density at radius 2 is 1.33 bits per heavy atom. The Morgan fingerprint density at radius 3 is 1.78 bits per heavy atom. The molecule has 18 heavy (non-hydrogen) atoms. The molecule has 0 radical (unpaired) electrons. The standard InChI is InChI=1S/C10H20N2O4.2ClH/c11-10(12,9(15)16)7-5-3-1-2-4-6-8(13)14;;/h1-7,11-12H2,(H,13,14)(H,15,16);2*1H. The average molecular weight is 305 g/mol. The molecule has 0 aromatic carbocycles. The van der Waals surface area contributed by atoms with Crippen LogP contribution in [0.1, 0.15) is 44.9 Å². The molecule has 110 valence electrons. The van der Waals surface area contributed by atoms with Crippen LogP contribution < -0.4 is 11.5 Å².